The molecule has 3 N–H and O–H groups in total. The van der Waals surface area contributed by atoms with Crippen molar-refractivity contribution in [3.05, 3.63) is 29.3 Å². The molecule has 0 aliphatic heterocycles. The van der Waals surface area contributed by atoms with E-state index in [4.69, 9.17) is 5.73 Å². The Labute approximate surface area is 85.8 Å². The van der Waals surface area contributed by atoms with E-state index < -0.39 is 0 Å². The monoisotopic (exact) mass is 193 g/mol. The van der Waals surface area contributed by atoms with E-state index in [1.54, 1.807) is 6.07 Å². The van der Waals surface area contributed by atoms with E-state index in [-0.39, 0.29) is 0 Å². The number of phenolic OH excluding ortho intramolecular Hbond substituents is 1. The molecular formula is C12H19NO. The molecule has 0 radical (unpaired) electrons. The van der Waals surface area contributed by atoms with Crippen LogP contribution in [0.15, 0.2) is 18.2 Å². The molecule has 0 fully saturated rings. The SMILES string of the molecule is Cc1ccc(O)c(C(C)CCCN)c1. The smallest absolute Gasteiger partial charge is 0.119 e. The molecule has 78 valence electrons. The third-order valence-electron chi connectivity index (χ3n) is 2.56. The molecule has 0 aliphatic rings. The summed E-state index contributed by atoms with van der Waals surface area (Å²) in [5.74, 6) is 0.790. The minimum absolute atomic E-state index is 0.387. The van der Waals surface area contributed by atoms with Gasteiger partial charge in [0.1, 0.15) is 5.75 Å². The molecule has 0 aromatic heterocycles. The van der Waals surface area contributed by atoms with Crippen LogP contribution in [0, 0.1) is 6.92 Å². The highest BCUT2D eigenvalue weighted by Crippen LogP contribution is 2.29. The molecule has 0 spiro atoms. The zero-order chi connectivity index (χ0) is 10.6. The van der Waals surface area contributed by atoms with Crippen molar-refractivity contribution in [1.82, 2.24) is 0 Å². The molecule has 0 aliphatic carbocycles. The van der Waals surface area contributed by atoms with Gasteiger partial charge in [-0.25, -0.2) is 0 Å². The van der Waals surface area contributed by atoms with Crippen LogP contribution < -0.4 is 5.73 Å². The summed E-state index contributed by atoms with van der Waals surface area (Å²) < 4.78 is 0. The predicted molar refractivity (Wildman–Crippen MR) is 59.5 cm³/mol. The van der Waals surface area contributed by atoms with Crippen molar-refractivity contribution in [2.45, 2.75) is 32.6 Å². The Morgan fingerprint density at radius 1 is 1.43 bits per heavy atom. The van der Waals surface area contributed by atoms with Crippen LogP contribution in [0.1, 0.15) is 36.8 Å². The van der Waals surface area contributed by atoms with Gasteiger partial charge in [0.25, 0.3) is 0 Å². The van der Waals surface area contributed by atoms with E-state index >= 15 is 0 Å². The van der Waals surface area contributed by atoms with Crippen LogP contribution in [0.25, 0.3) is 0 Å². The molecule has 0 saturated carbocycles. The number of aromatic hydroxyl groups is 1. The molecule has 0 amide bonds. The number of rotatable bonds is 4. The number of phenols is 1. The molecule has 2 heteroatoms. The highest BCUT2D eigenvalue weighted by molar-refractivity contribution is 5.37. The third-order valence-corrected chi connectivity index (χ3v) is 2.56. The number of benzene rings is 1. The Morgan fingerprint density at radius 3 is 2.79 bits per heavy atom. The summed E-state index contributed by atoms with van der Waals surface area (Å²) in [5.41, 5.74) is 7.69. The van der Waals surface area contributed by atoms with Crippen molar-refractivity contribution in [1.29, 1.82) is 0 Å². The van der Waals surface area contributed by atoms with Crippen molar-refractivity contribution >= 4 is 0 Å². The summed E-state index contributed by atoms with van der Waals surface area (Å²) in [4.78, 5) is 0. The van der Waals surface area contributed by atoms with Crippen molar-refractivity contribution in [3.8, 4) is 5.75 Å². The maximum absolute atomic E-state index is 9.67. The zero-order valence-corrected chi connectivity index (χ0v) is 8.96. The van der Waals surface area contributed by atoms with Crippen LogP contribution in [-0.2, 0) is 0 Å². The Hall–Kier alpha value is -1.02. The molecule has 0 saturated heterocycles. The minimum atomic E-state index is 0.387. The highest BCUT2D eigenvalue weighted by Gasteiger charge is 2.09. The van der Waals surface area contributed by atoms with Crippen LogP contribution in [0.5, 0.6) is 5.75 Å². The molecule has 1 atom stereocenters. The van der Waals surface area contributed by atoms with Crippen molar-refractivity contribution < 1.29 is 5.11 Å². The van der Waals surface area contributed by atoms with Gasteiger partial charge in [-0.2, -0.15) is 0 Å². The summed E-state index contributed by atoms with van der Waals surface area (Å²) in [6.07, 6.45) is 2.04. The Morgan fingerprint density at radius 2 is 2.14 bits per heavy atom. The second kappa shape index (κ2) is 5.01. The fourth-order valence-corrected chi connectivity index (χ4v) is 1.65. The number of hydrogen-bond donors (Lipinski definition) is 2. The van der Waals surface area contributed by atoms with Crippen LogP contribution in [0.4, 0.5) is 0 Å². The number of hydrogen-bond acceptors (Lipinski definition) is 2. The quantitative estimate of drug-likeness (QED) is 0.772. The van der Waals surface area contributed by atoms with E-state index in [2.05, 4.69) is 13.0 Å². The second-order valence-electron chi connectivity index (χ2n) is 3.89. The van der Waals surface area contributed by atoms with Gasteiger partial charge in [-0.1, -0.05) is 24.6 Å². The lowest BCUT2D eigenvalue weighted by atomic mass is 9.94. The molecule has 2 nitrogen and oxygen atoms in total. The maximum atomic E-state index is 9.67. The predicted octanol–water partition coefficient (Wildman–Crippen LogP) is 2.54. The van der Waals surface area contributed by atoms with Crippen LogP contribution in [-0.4, -0.2) is 11.7 Å². The topological polar surface area (TPSA) is 46.2 Å². The molecule has 0 bridgehead atoms. The van der Waals surface area contributed by atoms with Gasteiger partial charge in [-0.3, -0.25) is 0 Å². The summed E-state index contributed by atoms with van der Waals surface area (Å²) in [6, 6.07) is 5.74. The van der Waals surface area contributed by atoms with Crippen molar-refractivity contribution in [2.75, 3.05) is 6.54 Å². The average molecular weight is 193 g/mol. The fourth-order valence-electron chi connectivity index (χ4n) is 1.65. The number of nitrogens with two attached hydrogens (primary N) is 1. The molecule has 1 aromatic rings. The Kier molecular flexibility index (Phi) is 3.96. The lowest BCUT2D eigenvalue weighted by molar-refractivity contribution is 0.459. The van der Waals surface area contributed by atoms with Crippen molar-refractivity contribution in [3.63, 3.8) is 0 Å². The van der Waals surface area contributed by atoms with Crippen LogP contribution >= 0.6 is 0 Å². The van der Waals surface area contributed by atoms with Gasteiger partial charge in [-0.05, 0) is 43.9 Å². The third kappa shape index (κ3) is 2.74. The first-order valence-electron chi connectivity index (χ1n) is 5.14. The van der Waals surface area contributed by atoms with E-state index in [0.29, 0.717) is 11.7 Å². The van der Waals surface area contributed by atoms with Gasteiger partial charge in [0.2, 0.25) is 0 Å². The van der Waals surface area contributed by atoms with Gasteiger partial charge in [0.05, 0.1) is 0 Å². The van der Waals surface area contributed by atoms with Gasteiger partial charge < -0.3 is 10.8 Å². The largest absolute Gasteiger partial charge is 0.508 e. The summed E-state index contributed by atoms with van der Waals surface area (Å²) >= 11 is 0. The molecule has 1 aromatic carbocycles. The summed E-state index contributed by atoms with van der Waals surface area (Å²) in [5, 5.41) is 9.67. The fraction of sp³-hybridized carbons (Fsp3) is 0.500. The average Bonchev–Trinajstić information content (AvgIpc) is 2.18. The molecule has 1 rings (SSSR count). The first kappa shape index (κ1) is 11.1. The molecule has 0 heterocycles. The number of aryl methyl sites for hydroxylation is 1. The zero-order valence-electron chi connectivity index (χ0n) is 8.96. The standard InChI is InChI=1S/C12H19NO/c1-9-5-6-12(14)11(8-9)10(2)4-3-7-13/h5-6,8,10,14H,3-4,7,13H2,1-2H3. The van der Waals surface area contributed by atoms with Crippen molar-refractivity contribution in [2.24, 2.45) is 5.73 Å². The van der Waals surface area contributed by atoms with Crippen LogP contribution in [0.2, 0.25) is 0 Å². The van der Waals surface area contributed by atoms with Gasteiger partial charge >= 0.3 is 0 Å². The molecular weight excluding hydrogens is 174 g/mol. The summed E-state index contributed by atoms with van der Waals surface area (Å²) in [7, 11) is 0. The van der Waals surface area contributed by atoms with E-state index in [1.807, 2.05) is 13.0 Å². The van der Waals surface area contributed by atoms with Gasteiger partial charge in [0.15, 0.2) is 0 Å². The van der Waals surface area contributed by atoms with Gasteiger partial charge in [0, 0.05) is 0 Å². The van der Waals surface area contributed by atoms with Crippen LogP contribution in [0.3, 0.4) is 0 Å². The van der Waals surface area contributed by atoms with E-state index in [1.165, 1.54) is 5.56 Å². The second-order valence-corrected chi connectivity index (χ2v) is 3.89. The first-order chi connectivity index (χ1) is 6.65. The molecule has 14 heavy (non-hydrogen) atoms. The first-order valence-corrected chi connectivity index (χ1v) is 5.14. The van der Waals surface area contributed by atoms with E-state index in [0.717, 1.165) is 24.9 Å². The Balaban J connectivity index is 2.77. The maximum Gasteiger partial charge on any atom is 0.119 e. The molecule has 1 unspecified atom stereocenters. The lowest BCUT2D eigenvalue weighted by Gasteiger charge is -2.13. The Bertz CT molecular complexity index is 296. The van der Waals surface area contributed by atoms with E-state index in [9.17, 15) is 5.11 Å². The normalized spacial score (nSPS) is 12.8. The highest BCUT2D eigenvalue weighted by atomic mass is 16.3. The van der Waals surface area contributed by atoms with Gasteiger partial charge in [-0.15, -0.1) is 0 Å². The lowest BCUT2D eigenvalue weighted by Crippen LogP contribution is -2.02. The summed E-state index contributed by atoms with van der Waals surface area (Å²) in [6.45, 7) is 4.89. The minimum Gasteiger partial charge on any atom is -0.508 e.